The van der Waals surface area contributed by atoms with E-state index in [0.29, 0.717) is 11.3 Å². The molecule has 2 N–H and O–H groups in total. The lowest BCUT2D eigenvalue weighted by molar-refractivity contribution is -0.116. The Morgan fingerprint density at radius 2 is 2.20 bits per heavy atom. The third-order valence-electron chi connectivity index (χ3n) is 2.94. The highest BCUT2D eigenvalue weighted by Crippen LogP contribution is 2.08. The Bertz CT molecular complexity index is 566. The molecule has 20 heavy (non-hydrogen) atoms. The molecular formula is C14H22N4OS. The molecule has 0 aliphatic heterocycles. The SMILES string of the molecule is CC=C(C=CC(=O)NCc1n[nH]c(=S)n1C(C)C)CC. The van der Waals surface area contributed by atoms with Gasteiger partial charge in [-0.05, 0) is 39.4 Å². The van der Waals surface area contributed by atoms with E-state index < -0.39 is 0 Å². The summed E-state index contributed by atoms with van der Waals surface area (Å²) in [7, 11) is 0. The van der Waals surface area contributed by atoms with Gasteiger partial charge in [0.05, 0.1) is 6.54 Å². The molecule has 5 nitrogen and oxygen atoms in total. The van der Waals surface area contributed by atoms with Gasteiger partial charge in [-0.1, -0.05) is 24.6 Å². The lowest BCUT2D eigenvalue weighted by Gasteiger charge is -2.10. The average molecular weight is 294 g/mol. The Morgan fingerprint density at radius 1 is 1.50 bits per heavy atom. The maximum absolute atomic E-state index is 11.7. The minimum absolute atomic E-state index is 0.137. The van der Waals surface area contributed by atoms with Crippen LogP contribution in [-0.4, -0.2) is 20.7 Å². The molecule has 1 aromatic rings. The molecule has 0 aliphatic carbocycles. The number of nitrogens with zero attached hydrogens (tertiary/aromatic N) is 2. The fourth-order valence-corrected chi connectivity index (χ4v) is 2.18. The highest BCUT2D eigenvalue weighted by Gasteiger charge is 2.09. The molecule has 0 unspecified atom stereocenters. The Balaban J connectivity index is 2.64. The van der Waals surface area contributed by atoms with Crippen molar-refractivity contribution in [2.45, 2.75) is 46.7 Å². The molecule has 0 spiro atoms. The molecule has 1 aromatic heterocycles. The molecule has 0 aromatic carbocycles. The van der Waals surface area contributed by atoms with Gasteiger partial charge in [0.25, 0.3) is 0 Å². The molecule has 1 heterocycles. The minimum Gasteiger partial charge on any atom is -0.345 e. The number of carbonyl (C=O) groups excluding carboxylic acids is 1. The third-order valence-corrected chi connectivity index (χ3v) is 3.23. The van der Waals surface area contributed by atoms with Gasteiger partial charge in [0, 0.05) is 12.1 Å². The van der Waals surface area contributed by atoms with Crippen LogP contribution in [0.2, 0.25) is 0 Å². The van der Waals surface area contributed by atoms with Crippen molar-refractivity contribution in [3.05, 3.63) is 34.4 Å². The van der Waals surface area contributed by atoms with Crippen LogP contribution in [0.1, 0.15) is 46.0 Å². The number of rotatable bonds is 6. The van der Waals surface area contributed by atoms with E-state index in [1.807, 2.05) is 37.5 Å². The van der Waals surface area contributed by atoms with Gasteiger partial charge in [0.15, 0.2) is 10.6 Å². The Labute approximate surface area is 124 Å². The average Bonchev–Trinajstić information content (AvgIpc) is 2.78. The number of hydrogen-bond donors (Lipinski definition) is 2. The van der Waals surface area contributed by atoms with Crippen molar-refractivity contribution < 1.29 is 4.79 Å². The van der Waals surface area contributed by atoms with Crippen LogP contribution in [0.5, 0.6) is 0 Å². The lowest BCUT2D eigenvalue weighted by atomic mass is 10.2. The number of nitrogens with one attached hydrogen (secondary N) is 2. The van der Waals surface area contributed by atoms with E-state index in [1.54, 1.807) is 6.08 Å². The highest BCUT2D eigenvalue weighted by atomic mass is 32.1. The van der Waals surface area contributed by atoms with Gasteiger partial charge in [-0.2, -0.15) is 5.10 Å². The first-order valence-corrected chi connectivity index (χ1v) is 7.17. The Morgan fingerprint density at radius 3 is 2.75 bits per heavy atom. The van der Waals surface area contributed by atoms with Crippen LogP contribution in [0.3, 0.4) is 0 Å². The molecule has 0 saturated heterocycles. The fraction of sp³-hybridized carbons (Fsp3) is 0.500. The number of amides is 1. The maximum atomic E-state index is 11.7. The van der Waals surface area contributed by atoms with E-state index in [2.05, 4.69) is 22.4 Å². The minimum atomic E-state index is -0.137. The zero-order valence-electron chi connectivity index (χ0n) is 12.4. The second-order valence-electron chi connectivity index (χ2n) is 4.68. The van der Waals surface area contributed by atoms with E-state index in [9.17, 15) is 4.79 Å². The first-order valence-electron chi connectivity index (χ1n) is 6.76. The van der Waals surface area contributed by atoms with Gasteiger partial charge >= 0.3 is 0 Å². The molecule has 1 amide bonds. The zero-order valence-corrected chi connectivity index (χ0v) is 13.3. The van der Waals surface area contributed by atoms with Crippen LogP contribution in [0.25, 0.3) is 0 Å². The molecule has 0 fully saturated rings. The summed E-state index contributed by atoms with van der Waals surface area (Å²) in [4.78, 5) is 11.7. The van der Waals surface area contributed by atoms with Gasteiger partial charge in [0.1, 0.15) is 0 Å². The van der Waals surface area contributed by atoms with Crippen LogP contribution in [-0.2, 0) is 11.3 Å². The Hall–Kier alpha value is -1.69. The van der Waals surface area contributed by atoms with Gasteiger partial charge in [-0.3, -0.25) is 9.89 Å². The van der Waals surface area contributed by atoms with Gasteiger partial charge in [0.2, 0.25) is 5.91 Å². The quantitative estimate of drug-likeness (QED) is 0.481. The van der Waals surface area contributed by atoms with E-state index in [0.717, 1.165) is 17.8 Å². The molecule has 0 atom stereocenters. The number of carbonyl (C=O) groups is 1. The van der Waals surface area contributed by atoms with Crippen molar-refractivity contribution in [2.75, 3.05) is 0 Å². The molecular weight excluding hydrogens is 272 g/mol. The summed E-state index contributed by atoms with van der Waals surface area (Å²) in [5.41, 5.74) is 1.13. The van der Waals surface area contributed by atoms with Gasteiger partial charge in [-0.15, -0.1) is 0 Å². The molecule has 6 heteroatoms. The smallest absolute Gasteiger partial charge is 0.244 e. The summed E-state index contributed by atoms with van der Waals surface area (Å²) in [6.07, 6.45) is 6.27. The summed E-state index contributed by atoms with van der Waals surface area (Å²) in [5, 5.41) is 9.69. The lowest BCUT2D eigenvalue weighted by Crippen LogP contribution is -2.23. The van der Waals surface area contributed by atoms with Gasteiger partial charge in [-0.25, -0.2) is 0 Å². The van der Waals surface area contributed by atoms with Gasteiger partial charge < -0.3 is 9.88 Å². The topological polar surface area (TPSA) is 62.7 Å². The van der Waals surface area contributed by atoms with Crippen molar-refractivity contribution in [1.82, 2.24) is 20.1 Å². The second kappa shape index (κ2) is 7.79. The van der Waals surface area contributed by atoms with Crippen LogP contribution >= 0.6 is 12.2 Å². The van der Waals surface area contributed by atoms with Crippen LogP contribution in [0.4, 0.5) is 0 Å². The standard InChI is InChI=1S/C14H22N4OS/c1-5-11(6-2)7-8-13(19)15-9-12-16-17-14(20)18(12)10(3)4/h5,7-8,10H,6,9H2,1-4H3,(H,15,19)(H,17,20). The molecule has 1 rings (SSSR count). The number of allylic oxidation sites excluding steroid dienone is 3. The van der Waals surface area contributed by atoms with Crippen LogP contribution in [0, 0.1) is 4.77 Å². The van der Waals surface area contributed by atoms with E-state index in [-0.39, 0.29) is 11.9 Å². The molecule has 0 bridgehead atoms. The monoisotopic (exact) mass is 294 g/mol. The number of aromatic amines is 1. The van der Waals surface area contributed by atoms with Crippen molar-refractivity contribution in [2.24, 2.45) is 0 Å². The normalized spacial score (nSPS) is 12.3. The van der Waals surface area contributed by atoms with Crippen molar-refractivity contribution in [1.29, 1.82) is 0 Å². The van der Waals surface area contributed by atoms with E-state index in [4.69, 9.17) is 12.2 Å². The fourth-order valence-electron chi connectivity index (χ4n) is 1.82. The van der Waals surface area contributed by atoms with Crippen molar-refractivity contribution >= 4 is 18.1 Å². The summed E-state index contributed by atoms with van der Waals surface area (Å²) >= 11 is 5.16. The maximum Gasteiger partial charge on any atom is 0.244 e. The zero-order chi connectivity index (χ0) is 15.1. The molecule has 0 aliphatic rings. The summed E-state index contributed by atoms with van der Waals surface area (Å²) in [6, 6.07) is 0.207. The van der Waals surface area contributed by atoms with E-state index in [1.165, 1.54) is 0 Å². The second-order valence-corrected chi connectivity index (χ2v) is 5.06. The highest BCUT2D eigenvalue weighted by molar-refractivity contribution is 7.71. The van der Waals surface area contributed by atoms with Crippen LogP contribution < -0.4 is 5.32 Å². The van der Waals surface area contributed by atoms with Crippen molar-refractivity contribution in [3.63, 3.8) is 0 Å². The first kappa shape index (κ1) is 16.4. The molecule has 0 saturated carbocycles. The predicted octanol–water partition coefficient (Wildman–Crippen LogP) is 3.05. The Kier molecular flexibility index (Phi) is 6.38. The van der Waals surface area contributed by atoms with Crippen LogP contribution in [0.15, 0.2) is 23.8 Å². The molecule has 110 valence electrons. The third kappa shape index (κ3) is 4.45. The number of hydrogen-bond acceptors (Lipinski definition) is 3. The molecule has 0 radical (unpaired) electrons. The summed E-state index contributed by atoms with van der Waals surface area (Å²) in [5.74, 6) is 0.593. The largest absolute Gasteiger partial charge is 0.345 e. The summed E-state index contributed by atoms with van der Waals surface area (Å²) < 4.78 is 2.46. The first-order chi connectivity index (χ1) is 9.49. The number of H-pyrrole nitrogens is 1. The number of aromatic nitrogens is 3. The van der Waals surface area contributed by atoms with Crippen molar-refractivity contribution in [3.8, 4) is 0 Å². The van der Waals surface area contributed by atoms with E-state index >= 15 is 0 Å². The predicted molar refractivity (Wildman–Crippen MR) is 82.8 cm³/mol. The summed E-state index contributed by atoms with van der Waals surface area (Å²) in [6.45, 7) is 8.41.